The summed E-state index contributed by atoms with van der Waals surface area (Å²) in [6, 6.07) is 11.0. The number of hydrogen-bond acceptors (Lipinski definition) is 5. The van der Waals surface area contributed by atoms with Crippen LogP contribution in [0.15, 0.2) is 41.6 Å². The summed E-state index contributed by atoms with van der Waals surface area (Å²) < 4.78 is 28.5. The molecule has 0 saturated carbocycles. The van der Waals surface area contributed by atoms with Gasteiger partial charge >= 0.3 is 0 Å². The highest BCUT2D eigenvalue weighted by Crippen LogP contribution is 2.32. The van der Waals surface area contributed by atoms with E-state index in [2.05, 4.69) is 9.97 Å². The Kier molecular flexibility index (Phi) is 4.71. The minimum Gasteiger partial charge on any atom is -0.497 e. The number of methoxy groups -OCH3 is 3. The predicted octanol–water partition coefficient (Wildman–Crippen LogP) is 2.90. The molecule has 126 valence electrons. The Morgan fingerprint density at radius 2 is 1.92 bits per heavy atom. The van der Waals surface area contributed by atoms with E-state index in [1.165, 1.54) is 0 Å². The molecule has 0 radical (unpaired) electrons. The lowest BCUT2D eigenvalue weighted by molar-refractivity contribution is 0.352. The van der Waals surface area contributed by atoms with Gasteiger partial charge in [-0.3, -0.25) is 4.21 Å². The van der Waals surface area contributed by atoms with Gasteiger partial charge in [0.2, 0.25) is 0 Å². The third-order valence-electron chi connectivity index (χ3n) is 3.65. The van der Waals surface area contributed by atoms with Gasteiger partial charge in [0.25, 0.3) is 0 Å². The molecule has 3 aromatic rings. The topological polar surface area (TPSA) is 73.4 Å². The Morgan fingerprint density at radius 3 is 2.62 bits per heavy atom. The van der Waals surface area contributed by atoms with Crippen molar-refractivity contribution in [2.45, 2.75) is 10.9 Å². The zero-order valence-corrected chi connectivity index (χ0v) is 14.5. The maximum absolute atomic E-state index is 12.7. The minimum atomic E-state index is -1.34. The number of ether oxygens (including phenoxy) is 3. The number of para-hydroxylation sites is 1. The van der Waals surface area contributed by atoms with Gasteiger partial charge in [0.05, 0.1) is 48.9 Å². The zero-order chi connectivity index (χ0) is 17.1. The molecule has 0 aliphatic rings. The fraction of sp³-hybridized carbons (Fsp3) is 0.235. The molecule has 0 fully saturated rings. The van der Waals surface area contributed by atoms with Crippen LogP contribution in [-0.2, 0) is 16.6 Å². The molecule has 24 heavy (non-hydrogen) atoms. The van der Waals surface area contributed by atoms with E-state index in [1.807, 2.05) is 30.3 Å². The Labute approximate surface area is 142 Å². The summed E-state index contributed by atoms with van der Waals surface area (Å²) in [4.78, 5) is 7.49. The second kappa shape index (κ2) is 6.92. The number of aromatic amines is 1. The zero-order valence-electron chi connectivity index (χ0n) is 13.7. The van der Waals surface area contributed by atoms with E-state index >= 15 is 0 Å². The molecular formula is C17H18N2O4S. The number of fused-ring (bicyclic) bond motifs is 1. The van der Waals surface area contributed by atoms with Gasteiger partial charge in [-0.2, -0.15) is 0 Å². The molecule has 6 nitrogen and oxygen atoms in total. The lowest BCUT2D eigenvalue weighted by atomic mass is 10.2. The molecule has 1 N–H and O–H groups in total. The lowest BCUT2D eigenvalue weighted by Gasteiger charge is -2.11. The van der Waals surface area contributed by atoms with E-state index in [1.54, 1.807) is 27.4 Å². The molecule has 0 saturated heterocycles. The first-order valence-electron chi connectivity index (χ1n) is 7.28. The number of imidazole rings is 1. The number of benzene rings is 2. The van der Waals surface area contributed by atoms with Crippen molar-refractivity contribution < 1.29 is 18.4 Å². The van der Waals surface area contributed by atoms with Gasteiger partial charge in [-0.25, -0.2) is 4.98 Å². The average Bonchev–Trinajstić information content (AvgIpc) is 3.04. The molecule has 1 unspecified atom stereocenters. The van der Waals surface area contributed by atoms with Crippen molar-refractivity contribution in [2.75, 3.05) is 21.3 Å². The largest absolute Gasteiger partial charge is 0.497 e. The van der Waals surface area contributed by atoms with Crippen LogP contribution >= 0.6 is 0 Å². The Bertz CT molecular complexity index is 891. The van der Waals surface area contributed by atoms with E-state index in [4.69, 9.17) is 14.2 Å². The molecule has 1 heterocycles. The van der Waals surface area contributed by atoms with Crippen LogP contribution in [-0.4, -0.2) is 35.5 Å². The summed E-state index contributed by atoms with van der Waals surface area (Å²) >= 11 is 0. The maximum Gasteiger partial charge on any atom is 0.197 e. The van der Waals surface area contributed by atoms with E-state index in [0.29, 0.717) is 16.7 Å². The van der Waals surface area contributed by atoms with Crippen LogP contribution in [0.5, 0.6) is 17.2 Å². The molecule has 0 aliphatic heterocycles. The van der Waals surface area contributed by atoms with Gasteiger partial charge < -0.3 is 19.2 Å². The van der Waals surface area contributed by atoms with E-state index in [9.17, 15) is 4.21 Å². The SMILES string of the molecule is COc1ccc2nc(S(=O)Cc3cccc(OC)c3OC)[nH]c2c1. The number of rotatable bonds is 6. The fourth-order valence-corrected chi connectivity index (χ4v) is 3.55. The monoisotopic (exact) mass is 346 g/mol. The summed E-state index contributed by atoms with van der Waals surface area (Å²) in [5.74, 6) is 2.20. The number of hydrogen-bond donors (Lipinski definition) is 1. The predicted molar refractivity (Wildman–Crippen MR) is 92.3 cm³/mol. The van der Waals surface area contributed by atoms with Crippen molar-refractivity contribution in [3.8, 4) is 17.2 Å². The van der Waals surface area contributed by atoms with Crippen LogP contribution in [0.2, 0.25) is 0 Å². The standard InChI is InChI=1S/C17H18N2O4S/c1-21-12-7-8-13-14(9-12)19-17(18-13)24(20)10-11-5-4-6-15(22-2)16(11)23-3/h4-9H,10H2,1-3H3,(H,18,19). The molecule has 0 spiro atoms. The number of aromatic nitrogens is 2. The number of nitrogens with one attached hydrogen (secondary N) is 1. The van der Waals surface area contributed by atoms with Gasteiger partial charge in [0.1, 0.15) is 5.75 Å². The van der Waals surface area contributed by atoms with Crippen LogP contribution < -0.4 is 14.2 Å². The minimum absolute atomic E-state index is 0.275. The van der Waals surface area contributed by atoms with Gasteiger partial charge in [-0.05, 0) is 18.2 Å². The average molecular weight is 346 g/mol. The van der Waals surface area contributed by atoms with Gasteiger partial charge in [0.15, 0.2) is 16.7 Å². The normalized spacial score (nSPS) is 12.1. The lowest BCUT2D eigenvalue weighted by Crippen LogP contribution is -2.02. The van der Waals surface area contributed by atoms with Crippen molar-refractivity contribution >= 4 is 21.8 Å². The van der Waals surface area contributed by atoms with Gasteiger partial charge in [0, 0.05) is 11.6 Å². The Balaban J connectivity index is 1.90. The highest BCUT2D eigenvalue weighted by molar-refractivity contribution is 7.84. The van der Waals surface area contributed by atoms with Crippen LogP contribution in [0, 0.1) is 0 Å². The molecule has 7 heteroatoms. The highest BCUT2D eigenvalue weighted by atomic mass is 32.2. The highest BCUT2D eigenvalue weighted by Gasteiger charge is 2.16. The summed E-state index contributed by atoms with van der Waals surface area (Å²) in [5, 5.41) is 0.420. The first kappa shape index (κ1) is 16.3. The second-order valence-electron chi connectivity index (χ2n) is 5.07. The van der Waals surface area contributed by atoms with Crippen molar-refractivity contribution in [3.05, 3.63) is 42.0 Å². The number of H-pyrrole nitrogens is 1. The molecule has 3 rings (SSSR count). The summed E-state index contributed by atoms with van der Waals surface area (Å²) in [5.41, 5.74) is 2.33. The van der Waals surface area contributed by atoms with E-state index in [-0.39, 0.29) is 5.75 Å². The van der Waals surface area contributed by atoms with Crippen molar-refractivity contribution in [1.29, 1.82) is 0 Å². The summed E-state index contributed by atoms with van der Waals surface area (Å²) in [7, 11) is 3.40. The van der Waals surface area contributed by atoms with Crippen molar-refractivity contribution in [3.63, 3.8) is 0 Å². The second-order valence-corrected chi connectivity index (χ2v) is 6.43. The van der Waals surface area contributed by atoms with Crippen LogP contribution in [0.25, 0.3) is 11.0 Å². The van der Waals surface area contributed by atoms with E-state index in [0.717, 1.165) is 22.3 Å². The third kappa shape index (κ3) is 3.07. The number of nitrogens with zero attached hydrogens (tertiary/aromatic N) is 1. The molecule has 0 bridgehead atoms. The Morgan fingerprint density at radius 1 is 1.08 bits per heavy atom. The third-order valence-corrected chi connectivity index (χ3v) is 4.85. The van der Waals surface area contributed by atoms with Crippen LogP contribution in [0.4, 0.5) is 0 Å². The van der Waals surface area contributed by atoms with Gasteiger partial charge in [-0.15, -0.1) is 0 Å². The van der Waals surface area contributed by atoms with Gasteiger partial charge in [-0.1, -0.05) is 12.1 Å². The maximum atomic E-state index is 12.7. The molecule has 1 aromatic heterocycles. The quantitative estimate of drug-likeness (QED) is 0.743. The smallest absolute Gasteiger partial charge is 0.197 e. The van der Waals surface area contributed by atoms with Crippen molar-refractivity contribution in [1.82, 2.24) is 9.97 Å². The van der Waals surface area contributed by atoms with Crippen LogP contribution in [0.1, 0.15) is 5.56 Å². The first-order valence-corrected chi connectivity index (χ1v) is 8.60. The molecule has 1 atom stereocenters. The molecule has 0 aliphatic carbocycles. The Hall–Kier alpha value is -2.54. The fourth-order valence-electron chi connectivity index (χ4n) is 2.48. The molecule has 0 amide bonds. The summed E-state index contributed by atoms with van der Waals surface area (Å²) in [6.07, 6.45) is 0. The summed E-state index contributed by atoms with van der Waals surface area (Å²) in [6.45, 7) is 0. The van der Waals surface area contributed by atoms with Crippen molar-refractivity contribution in [2.24, 2.45) is 0 Å². The van der Waals surface area contributed by atoms with E-state index < -0.39 is 10.8 Å². The van der Waals surface area contributed by atoms with Crippen LogP contribution in [0.3, 0.4) is 0 Å². The molecular weight excluding hydrogens is 328 g/mol. The molecule has 2 aromatic carbocycles. The first-order chi connectivity index (χ1) is 11.7.